The predicted molar refractivity (Wildman–Crippen MR) is 80.3 cm³/mol. The number of hydrogen-bond donors (Lipinski definition) is 2. The second-order valence-corrected chi connectivity index (χ2v) is 6.04. The van der Waals surface area contributed by atoms with Crippen LogP contribution in [0.5, 0.6) is 5.88 Å². The Labute approximate surface area is 125 Å². The smallest absolute Gasteiger partial charge is 0.251 e. The number of hydrogen-bond acceptors (Lipinski definition) is 4. The molecule has 1 heterocycles. The van der Waals surface area contributed by atoms with Crippen molar-refractivity contribution in [2.45, 2.75) is 51.7 Å². The Bertz CT molecular complexity index is 472. The van der Waals surface area contributed by atoms with E-state index >= 15 is 0 Å². The molecule has 116 valence electrons. The second-order valence-electron chi connectivity index (χ2n) is 6.04. The summed E-state index contributed by atoms with van der Waals surface area (Å²) in [5, 5.41) is 12.2. The monoisotopic (exact) mass is 292 g/mol. The maximum absolute atomic E-state index is 12.2. The number of amides is 1. The summed E-state index contributed by atoms with van der Waals surface area (Å²) in [4.78, 5) is 16.4. The minimum Gasteiger partial charge on any atom is -0.474 e. The maximum atomic E-state index is 12.2. The van der Waals surface area contributed by atoms with E-state index in [1.807, 2.05) is 0 Å². The summed E-state index contributed by atoms with van der Waals surface area (Å²) in [6, 6.07) is 3.10. The molecule has 5 nitrogen and oxygen atoms in total. The van der Waals surface area contributed by atoms with E-state index in [0.717, 1.165) is 19.3 Å². The molecule has 1 saturated carbocycles. The van der Waals surface area contributed by atoms with Gasteiger partial charge in [-0.25, -0.2) is 4.98 Å². The molecule has 1 unspecified atom stereocenters. The zero-order valence-electron chi connectivity index (χ0n) is 12.7. The topological polar surface area (TPSA) is 71.5 Å². The van der Waals surface area contributed by atoms with Crippen molar-refractivity contribution in [3.05, 3.63) is 23.9 Å². The van der Waals surface area contributed by atoms with E-state index in [1.165, 1.54) is 6.42 Å². The molecule has 0 spiro atoms. The summed E-state index contributed by atoms with van der Waals surface area (Å²) in [5.74, 6) is 0.713. The second kappa shape index (κ2) is 7.41. The molecule has 1 aliphatic rings. The van der Waals surface area contributed by atoms with Gasteiger partial charge in [-0.2, -0.15) is 0 Å². The van der Waals surface area contributed by atoms with Crippen molar-refractivity contribution in [2.75, 3.05) is 6.61 Å². The van der Waals surface area contributed by atoms with Crippen LogP contribution in [-0.4, -0.2) is 34.8 Å². The number of nitrogens with one attached hydrogen (secondary N) is 1. The minimum atomic E-state index is -0.221. The standard InChI is InChI=1S/C16H24N2O3/c1-11(2)8-13(10-19)18-16(20)12-6-7-17-15(9-12)21-14-4-3-5-14/h6-7,9,11,13-14,19H,3-5,8,10H2,1-2H3,(H,18,20). The summed E-state index contributed by atoms with van der Waals surface area (Å²) in [6.07, 6.45) is 5.87. The number of aromatic nitrogens is 1. The van der Waals surface area contributed by atoms with Crippen LogP contribution in [0.4, 0.5) is 0 Å². The Kier molecular flexibility index (Phi) is 5.56. The zero-order chi connectivity index (χ0) is 15.2. The highest BCUT2D eigenvalue weighted by atomic mass is 16.5. The molecule has 0 aromatic carbocycles. The lowest BCUT2D eigenvalue weighted by atomic mass is 9.96. The lowest BCUT2D eigenvalue weighted by Crippen LogP contribution is -2.38. The molecule has 1 atom stereocenters. The van der Waals surface area contributed by atoms with Gasteiger partial charge in [0.05, 0.1) is 12.6 Å². The average molecular weight is 292 g/mol. The van der Waals surface area contributed by atoms with Crippen LogP contribution in [0, 0.1) is 5.92 Å². The normalized spacial score (nSPS) is 16.4. The van der Waals surface area contributed by atoms with Gasteiger partial charge < -0.3 is 15.2 Å². The van der Waals surface area contributed by atoms with Crippen LogP contribution < -0.4 is 10.1 Å². The first kappa shape index (κ1) is 15.8. The number of pyridine rings is 1. The van der Waals surface area contributed by atoms with Crippen LogP contribution in [0.1, 0.15) is 49.9 Å². The van der Waals surface area contributed by atoms with Gasteiger partial charge >= 0.3 is 0 Å². The van der Waals surface area contributed by atoms with Crippen molar-refractivity contribution in [3.8, 4) is 5.88 Å². The first-order valence-corrected chi connectivity index (χ1v) is 7.63. The molecular weight excluding hydrogens is 268 g/mol. The molecule has 1 amide bonds. The molecule has 5 heteroatoms. The Morgan fingerprint density at radius 2 is 2.29 bits per heavy atom. The fourth-order valence-electron chi connectivity index (χ4n) is 2.29. The number of carbonyl (C=O) groups excluding carboxylic acids is 1. The van der Waals surface area contributed by atoms with Gasteiger partial charge in [0.15, 0.2) is 0 Å². The molecule has 2 rings (SSSR count). The van der Waals surface area contributed by atoms with E-state index in [4.69, 9.17) is 4.74 Å². The van der Waals surface area contributed by atoms with Gasteiger partial charge in [-0.1, -0.05) is 13.8 Å². The summed E-state index contributed by atoms with van der Waals surface area (Å²) < 4.78 is 5.70. The molecule has 21 heavy (non-hydrogen) atoms. The maximum Gasteiger partial charge on any atom is 0.251 e. The quantitative estimate of drug-likeness (QED) is 0.808. The van der Waals surface area contributed by atoms with E-state index < -0.39 is 0 Å². The van der Waals surface area contributed by atoms with Crippen LogP contribution in [-0.2, 0) is 0 Å². The van der Waals surface area contributed by atoms with E-state index in [1.54, 1.807) is 18.3 Å². The van der Waals surface area contributed by atoms with Gasteiger partial charge in [-0.15, -0.1) is 0 Å². The zero-order valence-corrected chi connectivity index (χ0v) is 12.7. The Morgan fingerprint density at radius 1 is 1.52 bits per heavy atom. The molecule has 2 N–H and O–H groups in total. The number of nitrogens with zero attached hydrogens (tertiary/aromatic N) is 1. The van der Waals surface area contributed by atoms with E-state index in [9.17, 15) is 9.90 Å². The largest absolute Gasteiger partial charge is 0.474 e. The van der Waals surface area contributed by atoms with Gasteiger partial charge in [0.1, 0.15) is 6.10 Å². The number of rotatable bonds is 7. The highest BCUT2D eigenvalue weighted by molar-refractivity contribution is 5.94. The SMILES string of the molecule is CC(C)CC(CO)NC(=O)c1ccnc(OC2CCC2)c1. The van der Waals surface area contributed by atoms with Gasteiger partial charge in [0, 0.05) is 17.8 Å². The first-order chi connectivity index (χ1) is 10.1. The molecule has 1 fully saturated rings. The Morgan fingerprint density at radius 3 is 2.86 bits per heavy atom. The molecule has 1 aliphatic carbocycles. The highest BCUT2D eigenvalue weighted by Gasteiger charge is 2.20. The van der Waals surface area contributed by atoms with Gasteiger partial charge in [-0.3, -0.25) is 4.79 Å². The Hall–Kier alpha value is -1.62. The van der Waals surface area contributed by atoms with Crippen molar-refractivity contribution in [3.63, 3.8) is 0 Å². The third-order valence-corrected chi connectivity index (χ3v) is 3.65. The molecule has 0 radical (unpaired) electrons. The van der Waals surface area contributed by atoms with Crippen molar-refractivity contribution < 1.29 is 14.6 Å². The van der Waals surface area contributed by atoms with Gasteiger partial charge in [0.2, 0.25) is 5.88 Å². The molecule has 1 aromatic rings. The number of aliphatic hydroxyl groups excluding tert-OH is 1. The van der Waals surface area contributed by atoms with Gasteiger partial charge in [-0.05, 0) is 37.7 Å². The van der Waals surface area contributed by atoms with Crippen molar-refractivity contribution >= 4 is 5.91 Å². The molecule has 0 saturated heterocycles. The number of carbonyl (C=O) groups is 1. The summed E-state index contributed by atoms with van der Waals surface area (Å²) in [7, 11) is 0. The van der Waals surface area contributed by atoms with Crippen LogP contribution in [0.25, 0.3) is 0 Å². The third-order valence-electron chi connectivity index (χ3n) is 3.65. The van der Waals surface area contributed by atoms with Crippen molar-refractivity contribution in [1.82, 2.24) is 10.3 Å². The summed E-state index contributed by atoms with van der Waals surface area (Å²) in [5.41, 5.74) is 0.515. The van der Waals surface area contributed by atoms with Crippen molar-refractivity contribution in [2.24, 2.45) is 5.92 Å². The molecule has 0 aliphatic heterocycles. The third kappa shape index (κ3) is 4.70. The minimum absolute atomic E-state index is 0.0551. The van der Waals surface area contributed by atoms with Crippen LogP contribution in [0.15, 0.2) is 18.3 Å². The number of ether oxygens (including phenoxy) is 1. The summed E-state index contributed by atoms with van der Waals surface area (Å²) >= 11 is 0. The molecule has 1 aromatic heterocycles. The molecular formula is C16H24N2O3. The predicted octanol–water partition coefficient (Wildman–Crippen LogP) is 2.15. The fourth-order valence-corrected chi connectivity index (χ4v) is 2.29. The van der Waals surface area contributed by atoms with Gasteiger partial charge in [0.25, 0.3) is 5.91 Å². The highest BCUT2D eigenvalue weighted by Crippen LogP contribution is 2.24. The van der Waals surface area contributed by atoms with Crippen LogP contribution >= 0.6 is 0 Å². The fraction of sp³-hybridized carbons (Fsp3) is 0.625. The summed E-state index contributed by atoms with van der Waals surface area (Å²) in [6.45, 7) is 4.07. The van der Waals surface area contributed by atoms with Crippen LogP contribution in [0.3, 0.4) is 0 Å². The van der Waals surface area contributed by atoms with E-state index in [2.05, 4.69) is 24.1 Å². The Balaban J connectivity index is 1.95. The van der Waals surface area contributed by atoms with E-state index in [-0.39, 0.29) is 24.7 Å². The van der Waals surface area contributed by atoms with Crippen molar-refractivity contribution in [1.29, 1.82) is 0 Å². The lowest BCUT2D eigenvalue weighted by molar-refractivity contribution is 0.0904. The first-order valence-electron chi connectivity index (χ1n) is 7.63. The lowest BCUT2D eigenvalue weighted by Gasteiger charge is -2.25. The average Bonchev–Trinajstić information content (AvgIpc) is 2.42. The van der Waals surface area contributed by atoms with E-state index in [0.29, 0.717) is 17.4 Å². The number of aliphatic hydroxyl groups is 1. The molecule has 0 bridgehead atoms. The van der Waals surface area contributed by atoms with Crippen LogP contribution in [0.2, 0.25) is 0 Å².